The van der Waals surface area contributed by atoms with Gasteiger partial charge in [0.25, 0.3) is 0 Å². The number of rotatable bonds is 2. The van der Waals surface area contributed by atoms with Gasteiger partial charge in [-0.05, 0) is 31.4 Å². The first-order valence-electron chi connectivity index (χ1n) is 6.52. The van der Waals surface area contributed by atoms with Crippen LogP contribution in [-0.2, 0) is 6.42 Å². The quantitative estimate of drug-likeness (QED) is 0.823. The number of ether oxygens (including phenoxy) is 1. The maximum atomic E-state index is 9.83. The zero-order valence-electron chi connectivity index (χ0n) is 9.98. The molecule has 0 amide bonds. The van der Waals surface area contributed by atoms with Crippen LogP contribution in [0.15, 0.2) is 18.2 Å². The highest BCUT2D eigenvalue weighted by Gasteiger charge is 2.25. The number of phenols is 1. The minimum atomic E-state index is 0.346. The van der Waals surface area contributed by atoms with Crippen molar-refractivity contribution in [3.05, 3.63) is 23.8 Å². The fourth-order valence-electron chi connectivity index (χ4n) is 2.92. The second-order valence-electron chi connectivity index (χ2n) is 5.11. The lowest BCUT2D eigenvalue weighted by Crippen LogP contribution is -2.43. The Labute approximate surface area is 102 Å². The largest absolute Gasteiger partial charge is 0.508 e. The van der Waals surface area contributed by atoms with E-state index in [2.05, 4.69) is 5.32 Å². The fraction of sp³-hybridized carbons (Fsp3) is 0.571. The molecule has 1 aromatic carbocycles. The maximum Gasteiger partial charge on any atom is 0.126 e. The average Bonchev–Trinajstić information content (AvgIpc) is 2.83. The van der Waals surface area contributed by atoms with E-state index in [0.717, 1.165) is 17.7 Å². The molecule has 1 aromatic rings. The maximum absolute atomic E-state index is 9.83. The van der Waals surface area contributed by atoms with Gasteiger partial charge in [-0.25, -0.2) is 0 Å². The van der Waals surface area contributed by atoms with Crippen LogP contribution in [0.3, 0.4) is 0 Å². The number of benzene rings is 1. The van der Waals surface area contributed by atoms with Crippen LogP contribution in [0.4, 0.5) is 0 Å². The molecule has 17 heavy (non-hydrogen) atoms. The van der Waals surface area contributed by atoms with Gasteiger partial charge in [0.2, 0.25) is 0 Å². The second kappa shape index (κ2) is 4.57. The first kappa shape index (κ1) is 10.9. The Morgan fingerprint density at radius 2 is 2.00 bits per heavy atom. The summed E-state index contributed by atoms with van der Waals surface area (Å²) in [5.74, 6) is 1.20. The number of fused-ring (bicyclic) bond motifs is 1. The summed E-state index contributed by atoms with van der Waals surface area (Å²) in [7, 11) is 0. The molecule has 0 saturated heterocycles. The summed E-state index contributed by atoms with van der Waals surface area (Å²) in [4.78, 5) is 0. The van der Waals surface area contributed by atoms with Gasteiger partial charge in [-0.1, -0.05) is 18.9 Å². The summed E-state index contributed by atoms with van der Waals surface area (Å²) in [5, 5.41) is 13.5. The molecule has 1 saturated carbocycles. The summed E-state index contributed by atoms with van der Waals surface area (Å²) in [5.41, 5.74) is 0.953. The molecule has 2 N–H and O–H groups in total. The normalized spacial score (nSPS) is 24.4. The molecule has 0 bridgehead atoms. The van der Waals surface area contributed by atoms with E-state index in [1.807, 2.05) is 12.1 Å². The van der Waals surface area contributed by atoms with E-state index < -0.39 is 0 Å². The van der Waals surface area contributed by atoms with Gasteiger partial charge in [-0.2, -0.15) is 0 Å². The van der Waals surface area contributed by atoms with Crippen LogP contribution in [-0.4, -0.2) is 23.8 Å². The number of hydrogen-bond acceptors (Lipinski definition) is 3. The molecule has 1 aliphatic heterocycles. The van der Waals surface area contributed by atoms with Gasteiger partial charge in [-0.15, -0.1) is 0 Å². The predicted molar refractivity (Wildman–Crippen MR) is 66.5 cm³/mol. The molecule has 1 atom stereocenters. The van der Waals surface area contributed by atoms with E-state index in [9.17, 15) is 5.11 Å². The van der Waals surface area contributed by atoms with Crippen molar-refractivity contribution >= 4 is 0 Å². The Balaban J connectivity index is 1.69. The van der Waals surface area contributed by atoms with E-state index in [1.165, 1.54) is 25.7 Å². The van der Waals surface area contributed by atoms with Crippen molar-refractivity contribution in [2.75, 3.05) is 6.61 Å². The number of nitrogens with one attached hydrogen (secondary N) is 1. The van der Waals surface area contributed by atoms with Gasteiger partial charge < -0.3 is 15.2 Å². The van der Waals surface area contributed by atoms with Gasteiger partial charge in [0, 0.05) is 17.6 Å². The Morgan fingerprint density at radius 1 is 1.18 bits per heavy atom. The third-order valence-electron chi connectivity index (χ3n) is 3.83. The highest BCUT2D eigenvalue weighted by molar-refractivity contribution is 5.45. The van der Waals surface area contributed by atoms with Gasteiger partial charge >= 0.3 is 0 Å². The molecule has 1 unspecified atom stereocenters. The predicted octanol–water partition coefficient (Wildman–Crippen LogP) is 2.23. The van der Waals surface area contributed by atoms with Crippen LogP contribution in [0.1, 0.15) is 31.2 Å². The first-order valence-corrected chi connectivity index (χ1v) is 6.52. The Kier molecular flexibility index (Phi) is 2.93. The van der Waals surface area contributed by atoms with E-state index in [-0.39, 0.29) is 0 Å². The standard InChI is InChI=1S/C14H19NO2/c16-13-6-3-7-14-12(13)8-11(9-17-14)15-10-4-1-2-5-10/h3,6-7,10-11,15-16H,1-2,4-5,8-9H2. The van der Waals surface area contributed by atoms with Crippen molar-refractivity contribution in [3.63, 3.8) is 0 Å². The zero-order valence-corrected chi connectivity index (χ0v) is 9.98. The topological polar surface area (TPSA) is 41.5 Å². The van der Waals surface area contributed by atoms with E-state index in [0.29, 0.717) is 24.4 Å². The molecule has 0 spiro atoms. The van der Waals surface area contributed by atoms with Crippen LogP contribution in [0.2, 0.25) is 0 Å². The summed E-state index contributed by atoms with van der Waals surface area (Å²) in [6, 6.07) is 6.50. The van der Waals surface area contributed by atoms with Crippen molar-refractivity contribution in [2.45, 2.75) is 44.2 Å². The summed E-state index contributed by atoms with van der Waals surface area (Å²) in [6.07, 6.45) is 6.12. The molecule has 1 fully saturated rings. The van der Waals surface area contributed by atoms with Gasteiger partial charge in [0.1, 0.15) is 18.1 Å². The Morgan fingerprint density at radius 3 is 2.82 bits per heavy atom. The van der Waals surface area contributed by atoms with Crippen LogP contribution in [0.5, 0.6) is 11.5 Å². The lowest BCUT2D eigenvalue weighted by molar-refractivity contribution is 0.224. The smallest absolute Gasteiger partial charge is 0.126 e. The molecule has 0 aromatic heterocycles. The summed E-state index contributed by atoms with van der Waals surface area (Å²) in [6.45, 7) is 0.715. The number of aromatic hydroxyl groups is 1. The van der Waals surface area contributed by atoms with Crippen molar-refractivity contribution in [2.24, 2.45) is 0 Å². The van der Waals surface area contributed by atoms with Gasteiger partial charge in [-0.3, -0.25) is 0 Å². The average molecular weight is 233 g/mol. The minimum absolute atomic E-state index is 0.346. The first-order chi connectivity index (χ1) is 8.33. The van der Waals surface area contributed by atoms with Crippen molar-refractivity contribution in [3.8, 4) is 11.5 Å². The van der Waals surface area contributed by atoms with Crippen molar-refractivity contribution in [1.82, 2.24) is 5.32 Å². The molecular formula is C14H19NO2. The third-order valence-corrected chi connectivity index (χ3v) is 3.83. The lowest BCUT2D eigenvalue weighted by Gasteiger charge is -2.29. The highest BCUT2D eigenvalue weighted by atomic mass is 16.5. The molecule has 3 nitrogen and oxygen atoms in total. The number of phenolic OH excluding ortho intramolecular Hbond substituents is 1. The molecule has 3 heteroatoms. The van der Waals surface area contributed by atoms with E-state index in [4.69, 9.17) is 4.74 Å². The monoisotopic (exact) mass is 233 g/mol. The van der Waals surface area contributed by atoms with Crippen LogP contribution < -0.4 is 10.1 Å². The minimum Gasteiger partial charge on any atom is -0.508 e. The van der Waals surface area contributed by atoms with E-state index >= 15 is 0 Å². The Bertz CT molecular complexity index is 399. The highest BCUT2D eigenvalue weighted by Crippen LogP contribution is 2.32. The fourth-order valence-corrected chi connectivity index (χ4v) is 2.92. The molecule has 1 heterocycles. The Hall–Kier alpha value is -1.22. The summed E-state index contributed by atoms with van der Waals surface area (Å²) < 4.78 is 5.70. The van der Waals surface area contributed by atoms with E-state index in [1.54, 1.807) is 6.07 Å². The second-order valence-corrected chi connectivity index (χ2v) is 5.11. The zero-order chi connectivity index (χ0) is 11.7. The molecule has 0 radical (unpaired) electrons. The van der Waals surface area contributed by atoms with Crippen molar-refractivity contribution < 1.29 is 9.84 Å². The van der Waals surface area contributed by atoms with Crippen LogP contribution in [0.25, 0.3) is 0 Å². The molecule has 92 valence electrons. The van der Waals surface area contributed by atoms with Crippen LogP contribution >= 0.6 is 0 Å². The molecule has 2 aliphatic rings. The molecular weight excluding hydrogens is 214 g/mol. The SMILES string of the molecule is Oc1cccc2c1CC(NC1CCCC1)CO2. The molecule has 1 aliphatic carbocycles. The van der Waals surface area contributed by atoms with Crippen molar-refractivity contribution in [1.29, 1.82) is 0 Å². The third kappa shape index (κ3) is 2.25. The van der Waals surface area contributed by atoms with Gasteiger partial charge in [0.05, 0.1) is 0 Å². The lowest BCUT2D eigenvalue weighted by atomic mass is 10.0. The molecule has 3 rings (SSSR count). The number of hydrogen-bond donors (Lipinski definition) is 2. The summed E-state index contributed by atoms with van der Waals surface area (Å²) >= 11 is 0. The van der Waals surface area contributed by atoms with Crippen LogP contribution in [0, 0.1) is 0 Å². The van der Waals surface area contributed by atoms with Gasteiger partial charge in [0.15, 0.2) is 0 Å².